The van der Waals surface area contributed by atoms with E-state index in [9.17, 15) is 9.18 Å². The first-order valence-corrected chi connectivity index (χ1v) is 10.0. The van der Waals surface area contributed by atoms with Crippen molar-refractivity contribution in [2.45, 2.75) is 25.3 Å². The molecule has 2 aromatic heterocycles. The number of hydrogen-bond acceptors (Lipinski definition) is 4. The van der Waals surface area contributed by atoms with Gasteiger partial charge in [-0.1, -0.05) is 36.4 Å². The molecule has 0 saturated carbocycles. The van der Waals surface area contributed by atoms with Crippen LogP contribution in [-0.2, 0) is 6.42 Å². The maximum atomic E-state index is 13.2. The molecule has 1 fully saturated rings. The van der Waals surface area contributed by atoms with Gasteiger partial charge in [0.1, 0.15) is 23.3 Å². The molecule has 3 heterocycles. The predicted octanol–water partition coefficient (Wildman–Crippen LogP) is 4.93. The number of fused-ring (bicyclic) bond motifs is 1. The maximum Gasteiger partial charge on any atom is 0.273 e. The summed E-state index contributed by atoms with van der Waals surface area (Å²) in [6.07, 6.45) is 3.91. The van der Waals surface area contributed by atoms with Crippen molar-refractivity contribution in [2.75, 3.05) is 6.54 Å². The SMILES string of the molecule is O=C(c1ccc2ccccc2n1)N1CCC[C@@H]1c1ncc(Cc2ccc(F)cc2)o1. The van der Waals surface area contributed by atoms with E-state index in [0.29, 0.717) is 30.3 Å². The number of para-hydroxylation sites is 1. The summed E-state index contributed by atoms with van der Waals surface area (Å²) in [4.78, 5) is 23.9. The Kier molecular flexibility index (Phi) is 4.75. The fourth-order valence-corrected chi connectivity index (χ4v) is 3.96. The van der Waals surface area contributed by atoms with Crippen LogP contribution in [0.2, 0.25) is 0 Å². The third-order valence-corrected chi connectivity index (χ3v) is 5.48. The Morgan fingerprint density at radius 2 is 1.93 bits per heavy atom. The second-order valence-electron chi connectivity index (χ2n) is 7.51. The van der Waals surface area contributed by atoms with Crippen molar-refractivity contribution in [3.63, 3.8) is 0 Å². The predicted molar refractivity (Wildman–Crippen MR) is 110 cm³/mol. The molecule has 6 heteroatoms. The fourth-order valence-electron chi connectivity index (χ4n) is 3.96. The number of halogens is 1. The molecule has 30 heavy (non-hydrogen) atoms. The van der Waals surface area contributed by atoms with Crippen LogP contribution in [-0.4, -0.2) is 27.3 Å². The van der Waals surface area contributed by atoms with Gasteiger partial charge in [0, 0.05) is 18.4 Å². The molecule has 1 saturated heterocycles. The van der Waals surface area contributed by atoms with Crippen LogP contribution in [0.3, 0.4) is 0 Å². The topological polar surface area (TPSA) is 59.2 Å². The van der Waals surface area contributed by atoms with E-state index in [2.05, 4.69) is 9.97 Å². The molecule has 1 atom stereocenters. The second kappa shape index (κ2) is 7.71. The van der Waals surface area contributed by atoms with Crippen LogP contribution in [0.15, 0.2) is 71.3 Å². The highest BCUT2D eigenvalue weighted by Crippen LogP contribution is 2.33. The number of carbonyl (C=O) groups excluding carboxylic acids is 1. The van der Waals surface area contributed by atoms with Gasteiger partial charge in [0.25, 0.3) is 5.91 Å². The molecule has 4 aromatic rings. The first-order chi connectivity index (χ1) is 14.7. The summed E-state index contributed by atoms with van der Waals surface area (Å²) in [5, 5.41) is 1.00. The number of carbonyl (C=O) groups is 1. The molecular formula is C24H20FN3O2. The number of nitrogens with zero attached hydrogens (tertiary/aromatic N) is 3. The minimum atomic E-state index is -0.264. The van der Waals surface area contributed by atoms with Crippen LogP contribution in [0.5, 0.6) is 0 Å². The van der Waals surface area contributed by atoms with Crippen molar-refractivity contribution in [2.24, 2.45) is 0 Å². The maximum absolute atomic E-state index is 13.2. The van der Waals surface area contributed by atoms with E-state index >= 15 is 0 Å². The summed E-state index contributed by atoms with van der Waals surface area (Å²) < 4.78 is 19.1. The first kappa shape index (κ1) is 18.5. The minimum absolute atomic E-state index is 0.110. The van der Waals surface area contributed by atoms with Crippen LogP contribution < -0.4 is 0 Å². The molecule has 2 aromatic carbocycles. The molecule has 150 valence electrons. The third-order valence-electron chi connectivity index (χ3n) is 5.48. The summed E-state index contributed by atoms with van der Waals surface area (Å²) in [6.45, 7) is 0.647. The summed E-state index contributed by atoms with van der Waals surface area (Å²) in [7, 11) is 0. The Morgan fingerprint density at radius 1 is 1.10 bits per heavy atom. The lowest BCUT2D eigenvalue weighted by Crippen LogP contribution is -2.31. The van der Waals surface area contributed by atoms with Crippen molar-refractivity contribution >= 4 is 16.8 Å². The zero-order valence-corrected chi connectivity index (χ0v) is 16.3. The molecular weight excluding hydrogens is 381 g/mol. The molecule has 0 unspecified atom stereocenters. The van der Waals surface area contributed by atoms with Crippen LogP contribution >= 0.6 is 0 Å². The number of oxazole rings is 1. The van der Waals surface area contributed by atoms with Crippen LogP contribution in [0.25, 0.3) is 10.9 Å². The normalized spacial score (nSPS) is 16.3. The van der Waals surface area contributed by atoms with Gasteiger partial charge in [-0.05, 0) is 42.7 Å². The van der Waals surface area contributed by atoms with E-state index in [1.807, 2.05) is 30.3 Å². The average Bonchev–Trinajstić information content (AvgIpc) is 3.44. The number of amides is 1. The van der Waals surface area contributed by atoms with E-state index in [0.717, 1.165) is 29.3 Å². The first-order valence-electron chi connectivity index (χ1n) is 10.0. The van der Waals surface area contributed by atoms with Gasteiger partial charge in [0.05, 0.1) is 11.7 Å². The molecule has 0 spiro atoms. The Hall–Kier alpha value is -3.54. The number of aromatic nitrogens is 2. The highest BCUT2D eigenvalue weighted by molar-refractivity contribution is 5.95. The molecule has 0 bridgehead atoms. The number of hydrogen-bond donors (Lipinski definition) is 0. The zero-order valence-electron chi connectivity index (χ0n) is 16.3. The van der Waals surface area contributed by atoms with E-state index in [1.54, 1.807) is 29.3 Å². The van der Waals surface area contributed by atoms with Crippen molar-refractivity contribution in [3.8, 4) is 0 Å². The highest BCUT2D eigenvalue weighted by atomic mass is 19.1. The Morgan fingerprint density at radius 3 is 2.80 bits per heavy atom. The van der Waals surface area contributed by atoms with Gasteiger partial charge in [-0.2, -0.15) is 0 Å². The molecule has 0 radical (unpaired) electrons. The molecule has 5 nitrogen and oxygen atoms in total. The third kappa shape index (κ3) is 3.56. The standard InChI is InChI=1S/C24H20FN3O2/c25-18-10-7-16(8-11-18)14-19-15-26-23(30-19)22-6-3-13-28(22)24(29)21-12-9-17-4-1-2-5-20(17)27-21/h1-2,4-5,7-12,15,22H,3,6,13-14H2/t22-/m1/s1. The van der Waals surface area contributed by atoms with Gasteiger partial charge in [-0.15, -0.1) is 0 Å². The minimum Gasteiger partial charge on any atom is -0.443 e. The Bertz CT molecular complexity index is 1200. The lowest BCUT2D eigenvalue weighted by atomic mass is 10.1. The van der Waals surface area contributed by atoms with Crippen LogP contribution in [0.4, 0.5) is 4.39 Å². The number of likely N-dealkylation sites (tertiary alicyclic amines) is 1. The van der Waals surface area contributed by atoms with Gasteiger partial charge in [0.2, 0.25) is 5.89 Å². The van der Waals surface area contributed by atoms with Gasteiger partial charge >= 0.3 is 0 Å². The average molecular weight is 401 g/mol. The molecule has 5 rings (SSSR count). The Labute approximate surface area is 173 Å². The van der Waals surface area contributed by atoms with Crippen LogP contribution in [0.1, 0.15) is 46.6 Å². The van der Waals surface area contributed by atoms with Crippen molar-refractivity contribution in [3.05, 3.63) is 95.6 Å². The molecule has 1 aliphatic heterocycles. The van der Waals surface area contributed by atoms with Gasteiger partial charge in [0.15, 0.2) is 0 Å². The molecule has 0 aliphatic carbocycles. The number of rotatable bonds is 4. The van der Waals surface area contributed by atoms with Crippen molar-refractivity contribution in [1.29, 1.82) is 0 Å². The summed E-state index contributed by atoms with van der Waals surface area (Å²) in [5.41, 5.74) is 2.18. The van der Waals surface area contributed by atoms with E-state index < -0.39 is 0 Å². The van der Waals surface area contributed by atoms with Crippen molar-refractivity contribution in [1.82, 2.24) is 14.9 Å². The Balaban J connectivity index is 1.36. The summed E-state index contributed by atoms with van der Waals surface area (Å²) >= 11 is 0. The smallest absolute Gasteiger partial charge is 0.273 e. The highest BCUT2D eigenvalue weighted by Gasteiger charge is 2.34. The lowest BCUT2D eigenvalue weighted by Gasteiger charge is -2.22. The lowest BCUT2D eigenvalue weighted by molar-refractivity contribution is 0.0709. The number of pyridine rings is 1. The largest absolute Gasteiger partial charge is 0.443 e. The van der Waals surface area contributed by atoms with Gasteiger partial charge < -0.3 is 9.32 Å². The monoisotopic (exact) mass is 401 g/mol. The van der Waals surface area contributed by atoms with Gasteiger partial charge in [-0.25, -0.2) is 14.4 Å². The van der Waals surface area contributed by atoms with Crippen molar-refractivity contribution < 1.29 is 13.6 Å². The summed E-state index contributed by atoms with van der Waals surface area (Å²) in [6, 6.07) is 17.6. The fraction of sp³-hybridized carbons (Fsp3) is 0.208. The molecule has 1 amide bonds. The van der Waals surface area contributed by atoms with E-state index in [4.69, 9.17) is 4.42 Å². The zero-order chi connectivity index (χ0) is 20.5. The summed E-state index contributed by atoms with van der Waals surface area (Å²) in [5.74, 6) is 0.861. The van der Waals surface area contributed by atoms with E-state index in [-0.39, 0.29) is 17.8 Å². The second-order valence-corrected chi connectivity index (χ2v) is 7.51. The van der Waals surface area contributed by atoms with E-state index in [1.165, 1.54) is 12.1 Å². The quantitative estimate of drug-likeness (QED) is 0.487. The molecule has 0 N–H and O–H groups in total. The molecule has 1 aliphatic rings. The number of benzene rings is 2. The van der Waals surface area contributed by atoms with Crippen LogP contribution in [0, 0.1) is 5.82 Å². The van der Waals surface area contributed by atoms with Gasteiger partial charge in [-0.3, -0.25) is 4.79 Å².